The molecule has 0 unspecified atom stereocenters. The van der Waals surface area contributed by atoms with E-state index in [1.807, 2.05) is 31.2 Å². The molecule has 1 aromatic carbocycles. The number of amides is 2. The number of allylic oxidation sites excluding steroid dienone is 1. The van der Waals surface area contributed by atoms with Crippen molar-refractivity contribution in [2.24, 2.45) is 5.92 Å². The molecule has 3 rings (SSSR count). The second kappa shape index (κ2) is 6.67. The summed E-state index contributed by atoms with van der Waals surface area (Å²) < 4.78 is 5.76. The normalized spacial score (nSPS) is 26.8. The molecular weight excluding hydrogens is 304 g/mol. The van der Waals surface area contributed by atoms with Gasteiger partial charge in [0.2, 0.25) is 0 Å². The van der Waals surface area contributed by atoms with Crippen LogP contribution < -0.4 is 10.6 Å². The molecule has 1 fully saturated rings. The van der Waals surface area contributed by atoms with Crippen LogP contribution in [-0.2, 0) is 9.53 Å². The number of urea groups is 1. The van der Waals surface area contributed by atoms with Gasteiger partial charge >= 0.3 is 12.0 Å². The minimum absolute atomic E-state index is 0.0332. The lowest BCUT2D eigenvalue weighted by atomic mass is 9.95. The molecule has 1 aliphatic heterocycles. The van der Waals surface area contributed by atoms with Crippen LogP contribution in [0.1, 0.15) is 50.3 Å². The Kier molecular flexibility index (Phi) is 4.60. The molecule has 0 spiro atoms. The smallest absolute Gasteiger partial charge is 0.338 e. The number of esters is 1. The van der Waals surface area contributed by atoms with Gasteiger partial charge < -0.3 is 15.4 Å². The van der Waals surface area contributed by atoms with Crippen molar-refractivity contribution < 1.29 is 14.3 Å². The topological polar surface area (TPSA) is 67.4 Å². The zero-order valence-electron chi connectivity index (χ0n) is 14.4. The maximum absolute atomic E-state index is 12.8. The van der Waals surface area contributed by atoms with Gasteiger partial charge in [-0.05, 0) is 44.6 Å². The summed E-state index contributed by atoms with van der Waals surface area (Å²) in [5.74, 6) is 0.0446. The first kappa shape index (κ1) is 16.6. The third-order valence-electron chi connectivity index (χ3n) is 4.94. The van der Waals surface area contributed by atoms with E-state index in [4.69, 9.17) is 4.74 Å². The van der Waals surface area contributed by atoms with Crippen LogP contribution in [0.2, 0.25) is 0 Å². The molecular formula is C19H24N2O3. The third-order valence-corrected chi connectivity index (χ3v) is 4.94. The zero-order chi connectivity index (χ0) is 17.3. The van der Waals surface area contributed by atoms with Crippen molar-refractivity contribution in [3.05, 3.63) is 46.7 Å². The number of nitrogens with one attached hydrogen (secondary N) is 2. The molecule has 2 aliphatic rings. The summed E-state index contributed by atoms with van der Waals surface area (Å²) in [6.45, 7) is 5.86. The van der Waals surface area contributed by atoms with Crippen LogP contribution in [0.3, 0.4) is 0 Å². The van der Waals surface area contributed by atoms with Crippen LogP contribution in [0.4, 0.5) is 4.79 Å². The summed E-state index contributed by atoms with van der Waals surface area (Å²) in [7, 11) is 0. The molecule has 128 valence electrons. The molecule has 5 nitrogen and oxygen atoms in total. The molecule has 2 N–H and O–H groups in total. The highest BCUT2D eigenvalue weighted by Gasteiger charge is 2.35. The molecule has 1 aliphatic carbocycles. The van der Waals surface area contributed by atoms with E-state index in [1.54, 1.807) is 6.92 Å². The van der Waals surface area contributed by atoms with Crippen LogP contribution in [-0.4, -0.2) is 18.1 Å². The molecule has 1 saturated carbocycles. The second-order valence-electron chi connectivity index (χ2n) is 6.83. The number of aryl methyl sites for hydroxylation is 1. The van der Waals surface area contributed by atoms with Gasteiger partial charge in [-0.15, -0.1) is 0 Å². The van der Waals surface area contributed by atoms with E-state index in [9.17, 15) is 9.59 Å². The Morgan fingerprint density at radius 2 is 1.88 bits per heavy atom. The second-order valence-corrected chi connectivity index (χ2v) is 6.83. The van der Waals surface area contributed by atoms with Crippen LogP contribution in [0, 0.1) is 12.8 Å². The van der Waals surface area contributed by atoms with Crippen molar-refractivity contribution in [1.29, 1.82) is 0 Å². The lowest BCUT2D eigenvalue weighted by molar-refractivity contribution is -0.146. The van der Waals surface area contributed by atoms with Gasteiger partial charge in [-0.1, -0.05) is 36.8 Å². The molecule has 2 amide bonds. The van der Waals surface area contributed by atoms with Gasteiger partial charge in [0.1, 0.15) is 6.10 Å². The minimum Gasteiger partial charge on any atom is -0.459 e. The number of hydrogen-bond donors (Lipinski definition) is 2. The molecule has 0 radical (unpaired) electrons. The third kappa shape index (κ3) is 3.30. The van der Waals surface area contributed by atoms with Gasteiger partial charge in [0.25, 0.3) is 0 Å². The summed E-state index contributed by atoms with van der Waals surface area (Å²) in [6, 6.07) is 7.03. The quantitative estimate of drug-likeness (QED) is 0.836. The fourth-order valence-corrected chi connectivity index (χ4v) is 3.46. The van der Waals surface area contributed by atoms with Gasteiger partial charge in [-0.3, -0.25) is 0 Å². The Balaban J connectivity index is 1.88. The first-order valence-corrected chi connectivity index (χ1v) is 8.51. The zero-order valence-corrected chi connectivity index (χ0v) is 14.4. The van der Waals surface area contributed by atoms with E-state index in [-0.39, 0.29) is 18.1 Å². The summed E-state index contributed by atoms with van der Waals surface area (Å²) in [6.07, 6.45) is 3.06. The van der Waals surface area contributed by atoms with Crippen LogP contribution in [0.5, 0.6) is 0 Å². The number of carbonyl (C=O) groups excluding carboxylic acids is 2. The summed E-state index contributed by atoms with van der Waals surface area (Å²) in [5, 5.41) is 5.53. The van der Waals surface area contributed by atoms with Gasteiger partial charge in [-0.25, -0.2) is 9.59 Å². The molecule has 0 bridgehead atoms. The Bertz CT molecular complexity index is 678. The van der Waals surface area contributed by atoms with E-state index in [2.05, 4.69) is 17.6 Å². The van der Waals surface area contributed by atoms with Gasteiger partial charge in [0.15, 0.2) is 0 Å². The molecule has 3 atom stereocenters. The lowest BCUT2D eigenvalue weighted by Gasteiger charge is -2.29. The van der Waals surface area contributed by atoms with E-state index in [0.29, 0.717) is 17.2 Å². The van der Waals surface area contributed by atoms with Crippen molar-refractivity contribution in [2.45, 2.75) is 52.2 Å². The average molecular weight is 328 g/mol. The van der Waals surface area contributed by atoms with Crippen molar-refractivity contribution in [1.82, 2.24) is 10.6 Å². The van der Waals surface area contributed by atoms with Crippen LogP contribution in [0.15, 0.2) is 35.5 Å². The summed E-state index contributed by atoms with van der Waals surface area (Å²) in [4.78, 5) is 24.7. The number of rotatable bonds is 3. The lowest BCUT2D eigenvalue weighted by Crippen LogP contribution is -2.45. The Labute approximate surface area is 142 Å². The van der Waals surface area contributed by atoms with Gasteiger partial charge in [0.05, 0.1) is 11.6 Å². The number of carbonyl (C=O) groups is 2. The maximum atomic E-state index is 12.8. The molecule has 1 heterocycles. The largest absolute Gasteiger partial charge is 0.459 e. The highest BCUT2D eigenvalue weighted by Crippen LogP contribution is 2.32. The summed E-state index contributed by atoms with van der Waals surface area (Å²) >= 11 is 0. The van der Waals surface area contributed by atoms with Crippen molar-refractivity contribution >= 4 is 12.0 Å². The molecule has 0 aromatic heterocycles. The first-order chi connectivity index (χ1) is 11.5. The molecule has 1 aromatic rings. The minimum atomic E-state index is -0.483. The number of benzene rings is 1. The van der Waals surface area contributed by atoms with Crippen molar-refractivity contribution in [2.75, 3.05) is 0 Å². The Morgan fingerprint density at radius 3 is 2.50 bits per heavy atom. The van der Waals surface area contributed by atoms with Gasteiger partial charge in [-0.2, -0.15) is 0 Å². The summed E-state index contributed by atoms with van der Waals surface area (Å²) in [5.41, 5.74) is 3.04. The number of hydrogen-bond acceptors (Lipinski definition) is 3. The standard InChI is InChI=1S/C19H24N2O3/c1-11-7-9-14(10-8-11)17-16(13(3)20-19(23)21-17)18(22)24-15-6-4-5-12(15)2/h7-10,12,15,17H,4-6H2,1-3H3,(H2,20,21,23)/t12-,15-,17+/m1/s1. The fraction of sp³-hybridized carbons (Fsp3) is 0.474. The Hall–Kier alpha value is -2.30. The van der Waals surface area contributed by atoms with Crippen molar-refractivity contribution in [3.8, 4) is 0 Å². The van der Waals surface area contributed by atoms with E-state index >= 15 is 0 Å². The van der Waals surface area contributed by atoms with Gasteiger partial charge in [0, 0.05) is 5.70 Å². The maximum Gasteiger partial charge on any atom is 0.338 e. The monoisotopic (exact) mass is 328 g/mol. The fourth-order valence-electron chi connectivity index (χ4n) is 3.46. The molecule has 5 heteroatoms. The van der Waals surface area contributed by atoms with Crippen molar-refractivity contribution in [3.63, 3.8) is 0 Å². The Morgan fingerprint density at radius 1 is 1.17 bits per heavy atom. The van der Waals surface area contributed by atoms with E-state index in [0.717, 1.165) is 30.4 Å². The molecule has 0 saturated heterocycles. The average Bonchev–Trinajstić information content (AvgIpc) is 2.92. The molecule has 24 heavy (non-hydrogen) atoms. The highest BCUT2D eigenvalue weighted by molar-refractivity contribution is 5.95. The predicted octanol–water partition coefficient (Wildman–Crippen LogP) is 3.35. The van der Waals surface area contributed by atoms with Crippen LogP contribution in [0.25, 0.3) is 0 Å². The van der Waals surface area contributed by atoms with E-state index < -0.39 is 6.04 Å². The van der Waals surface area contributed by atoms with Crippen LogP contribution >= 0.6 is 0 Å². The SMILES string of the molecule is CC1=C(C(=O)O[C@@H]2CCC[C@H]2C)[C@H](c2ccc(C)cc2)NC(=O)N1. The predicted molar refractivity (Wildman–Crippen MR) is 91.2 cm³/mol. The van der Waals surface area contributed by atoms with E-state index in [1.165, 1.54) is 0 Å². The first-order valence-electron chi connectivity index (χ1n) is 8.51. The number of ether oxygens (including phenoxy) is 1. The highest BCUT2D eigenvalue weighted by atomic mass is 16.5.